The van der Waals surface area contributed by atoms with Gasteiger partial charge in [0.05, 0.1) is 16.8 Å². The smallest absolute Gasteiger partial charge is 0.264 e. The van der Waals surface area contributed by atoms with E-state index in [2.05, 4.69) is 15.0 Å². The zero-order valence-corrected chi connectivity index (χ0v) is 17.4. The number of hydrogen-bond acceptors (Lipinski definition) is 7. The number of benzene rings is 1. The number of nitrogen functional groups attached to an aromatic ring is 1. The lowest BCUT2D eigenvalue weighted by atomic mass is 10.1. The number of anilines is 2. The van der Waals surface area contributed by atoms with E-state index in [1.165, 1.54) is 10.8 Å². The number of fused-ring (bicyclic) bond motifs is 1. The van der Waals surface area contributed by atoms with Crippen molar-refractivity contribution in [2.45, 2.75) is 0 Å². The minimum atomic E-state index is -0.162. The fraction of sp³-hybridized carbons (Fsp3) is 0.143. The van der Waals surface area contributed by atoms with Crippen molar-refractivity contribution < 1.29 is 4.74 Å². The summed E-state index contributed by atoms with van der Waals surface area (Å²) in [7, 11) is 5.36. The molecular formula is C21H19ClN6O2. The fourth-order valence-corrected chi connectivity index (χ4v) is 3.24. The van der Waals surface area contributed by atoms with Crippen molar-refractivity contribution in [3.63, 3.8) is 0 Å². The summed E-state index contributed by atoms with van der Waals surface area (Å²) in [5.41, 5.74) is 7.27. The van der Waals surface area contributed by atoms with E-state index >= 15 is 0 Å². The molecule has 0 aliphatic carbocycles. The zero-order chi connectivity index (χ0) is 21.4. The Morgan fingerprint density at radius 2 is 1.93 bits per heavy atom. The normalized spacial score (nSPS) is 10.9. The van der Waals surface area contributed by atoms with E-state index in [4.69, 9.17) is 22.1 Å². The van der Waals surface area contributed by atoms with Gasteiger partial charge in [-0.1, -0.05) is 17.7 Å². The number of nitrogens with zero attached hydrogens (tertiary/aromatic N) is 5. The highest BCUT2D eigenvalue weighted by Gasteiger charge is 2.13. The second kappa shape index (κ2) is 7.64. The van der Waals surface area contributed by atoms with Crippen LogP contribution in [0.5, 0.6) is 11.5 Å². The molecule has 2 N–H and O–H groups in total. The molecule has 3 heterocycles. The monoisotopic (exact) mass is 422 g/mol. The van der Waals surface area contributed by atoms with E-state index in [1.54, 1.807) is 36.3 Å². The highest BCUT2D eigenvalue weighted by atomic mass is 35.5. The van der Waals surface area contributed by atoms with Gasteiger partial charge in [0.2, 0.25) is 5.95 Å². The van der Waals surface area contributed by atoms with Crippen LogP contribution in [0, 0.1) is 0 Å². The molecule has 8 nitrogen and oxygen atoms in total. The fourth-order valence-electron chi connectivity index (χ4n) is 3.09. The molecule has 30 heavy (non-hydrogen) atoms. The Kier molecular flexibility index (Phi) is 5.01. The number of halogens is 1. The van der Waals surface area contributed by atoms with E-state index in [1.807, 2.05) is 32.3 Å². The second-order valence-corrected chi connectivity index (χ2v) is 7.27. The summed E-state index contributed by atoms with van der Waals surface area (Å²) >= 11 is 6.14. The van der Waals surface area contributed by atoms with Crippen LogP contribution in [0.2, 0.25) is 5.02 Å². The van der Waals surface area contributed by atoms with Gasteiger partial charge in [0.25, 0.3) is 5.56 Å². The Morgan fingerprint density at radius 3 is 2.70 bits per heavy atom. The maximum absolute atomic E-state index is 12.8. The Hall–Kier alpha value is -3.65. The van der Waals surface area contributed by atoms with Gasteiger partial charge in [0.1, 0.15) is 16.6 Å². The standard InChI is InChI=1S/C21H19ClN6O2/c1-27(2)21-25-11-14(20(29)28(21)3)16-6-4-12-10-13(5-7-15(12)26-16)30-17-8-9-24-19(23)18(17)22/h4-11H,1-3H3,(H2,23,24). The van der Waals surface area contributed by atoms with Crippen LogP contribution in [0.3, 0.4) is 0 Å². The first-order valence-corrected chi connectivity index (χ1v) is 9.45. The van der Waals surface area contributed by atoms with Gasteiger partial charge in [0, 0.05) is 45.0 Å². The van der Waals surface area contributed by atoms with Crippen LogP contribution in [0.25, 0.3) is 22.2 Å². The summed E-state index contributed by atoms with van der Waals surface area (Å²) in [6.07, 6.45) is 3.08. The highest BCUT2D eigenvalue weighted by molar-refractivity contribution is 6.34. The molecule has 0 spiro atoms. The van der Waals surface area contributed by atoms with Crippen molar-refractivity contribution in [3.8, 4) is 22.8 Å². The highest BCUT2D eigenvalue weighted by Crippen LogP contribution is 2.33. The van der Waals surface area contributed by atoms with Crippen LogP contribution < -0.4 is 20.9 Å². The van der Waals surface area contributed by atoms with Crippen molar-refractivity contribution in [1.82, 2.24) is 19.5 Å². The van der Waals surface area contributed by atoms with Crippen molar-refractivity contribution in [1.29, 1.82) is 0 Å². The summed E-state index contributed by atoms with van der Waals surface area (Å²) in [5.74, 6) is 1.78. The molecule has 1 aromatic carbocycles. The first kappa shape index (κ1) is 19.7. The molecule has 0 saturated heterocycles. The summed E-state index contributed by atoms with van der Waals surface area (Å²) < 4.78 is 7.34. The predicted molar refractivity (Wildman–Crippen MR) is 118 cm³/mol. The number of aromatic nitrogens is 4. The predicted octanol–water partition coefficient (Wildman–Crippen LogP) is 3.48. The molecule has 0 aliphatic rings. The van der Waals surface area contributed by atoms with Gasteiger partial charge in [-0.2, -0.15) is 0 Å². The quantitative estimate of drug-likeness (QED) is 0.537. The first-order valence-electron chi connectivity index (χ1n) is 9.07. The molecule has 4 rings (SSSR count). The molecule has 0 bridgehead atoms. The summed E-state index contributed by atoms with van der Waals surface area (Å²) in [5, 5.41) is 1.11. The SMILES string of the molecule is CN(C)c1ncc(-c2ccc3cc(Oc4ccnc(N)c4Cl)ccc3n2)c(=O)n1C. The average Bonchev–Trinajstić information content (AvgIpc) is 2.73. The number of hydrogen-bond donors (Lipinski definition) is 1. The number of ether oxygens (including phenoxy) is 1. The molecule has 0 atom stereocenters. The lowest BCUT2D eigenvalue weighted by Gasteiger charge is -2.15. The Labute approximate surface area is 177 Å². The maximum atomic E-state index is 12.8. The van der Waals surface area contributed by atoms with Gasteiger partial charge < -0.3 is 15.4 Å². The van der Waals surface area contributed by atoms with Crippen molar-refractivity contribution in [2.75, 3.05) is 24.7 Å². The molecule has 4 aromatic rings. The van der Waals surface area contributed by atoms with Crippen LogP contribution in [0.4, 0.5) is 11.8 Å². The van der Waals surface area contributed by atoms with Crippen LogP contribution in [-0.2, 0) is 7.05 Å². The zero-order valence-electron chi connectivity index (χ0n) is 16.6. The lowest BCUT2D eigenvalue weighted by molar-refractivity contribution is 0.483. The molecule has 0 fully saturated rings. The van der Waals surface area contributed by atoms with Gasteiger partial charge >= 0.3 is 0 Å². The van der Waals surface area contributed by atoms with Crippen LogP contribution in [0.15, 0.2) is 53.6 Å². The minimum Gasteiger partial charge on any atom is -0.456 e. The van der Waals surface area contributed by atoms with E-state index in [0.29, 0.717) is 28.7 Å². The first-order chi connectivity index (χ1) is 14.3. The maximum Gasteiger partial charge on any atom is 0.264 e. The molecule has 0 amide bonds. The van der Waals surface area contributed by atoms with Gasteiger partial charge in [-0.3, -0.25) is 9.36 Å². The average molecular weight is 423 g/mol. The molecular weight excluding hydrogens is 404 g/mol. The Bertz CT molecular complexity index is 1320. The summed E-state index contributed by atoms with van der Waals surface area (Å²) in [4.78, 5) is 27.5. The lowest BCUT2D eigenvalue weighted by Crippen LogP contribution is -2.27. The van der Waals surface area contributed by atoms with Gasteiger partial charge in [-0.25, -0.2) is 15.0 Å². The van der Waals surface area contributed by atoms with E-state index in [-0.39, 0.29) is 16.4 Å². The summed E-state index contributed by atoms with van der Waals surface area (Å²) in [6.45, 7) is 0. The van der Waals surface area contributed by atoms with Gasteiger partial charge in [-0.05, 0) is 24.3 Å². The van der Waals surface area contributed by atoms with Gasteiger partial charge in [0.15, 0.2) is 5.75 Å². The molecule has 152 valence electrons. The van der Waals surface area contributed by atoms with E-state index in [0.717, 1.165) is 10.9 Å². The Balaban J connectivity index is 1.70. The van der Waals surface area contributed by atoms with Crippen LogP contribution >= 0.6 is 11.6 Å². The van der Waals surface area contributed by atoms with E-state index in [9.17, 15) is 4.79 Å². The molecule has 9 heteroatoms. The van der Waals surface area contributed by atoms with Crippen molar-refractivity contribution >= 4 is 34.3 Å². The number of pyridine rings is 2. The third kappa shape index (κ3) is 3.53. The molecule has 3 aromatic heterocycles. The van der Waals surface area contributed by atoms with Crippen LogP contribution in [-0.4, -0.2) is 33.6 Å². The van der Waals surface area contributed by atoms with Gasteiger partial charge in [-0.15, -0.1) is 0 Å². The molecule has 0 unspecified atom stereocenters. The topological polar surface area (TPSA) is 99.2 Å². The van der Waals surface area contributed by atoms with E-state index < -0.39 is 0 Å². The minimum absolute atomic E-state index is 0.162. The third-order valence-electron chi connectivity index (χ3n) is 4.59. The van der Waals surface area contributed by atoms with Crippen LogP contribution in [0.1, 0.15) is 0 Å². The van der Waals surface area contributed by atoms with Crippen molar-refractivity contribution in [3.05, 3.63) is 64.2 Å². The second-order valence-electron chi connectivity index (χ2n) is 6.89. The Morgan fingerprint density at radius 1 is 1.13 bits per heavy atom. The molecule has 0 radical (unpaired) electrons. The number of nitrogens with two attached hydrogens (primary N) is 1. The third-order valence-corrected chi connectivity index (χ3v) is 4.97. The van der Waals surface area contributed by atoms with Crippen molar-refractivity contribution in [2.24, 2.45) is 7.05 Å². The largest absolute Gasteiger partial charge is 0.456 e. The molecule has 0 saturated carbocycles. The number of rotatable bonds is 4. The molecule has 0 aliphatic heterocycles. The summed E-state index contributed by atoms with van der Waals surface area (Å²) in [6, 6.07) is 10.7.